The third-order valence-electron chi connectivity index (χ3n) is 6.87. The first-order valence-electron chi connectivity index (χ1n) is 11.5. The van der Waals surface area contributed by atoms with E-state index in [-0.39, 0.29) is 0 Å². The van der Waals surface area contributed by atoms with Crippen LogP contribution in [0.3, 0.4) is 0 Å². The number of methoxy groups -OCH3 is 1. The van der Waals surface area contributed by atoms with Gasteiger partial charge in [0.05, 0.1) is 7.11 Å². The second kappa shape index (κ2) is 9.15. The van der Waals surface area contributed by atoms with Crippen LogP contribution in [0.15, 0.2) is 72.8 Å². The number of rotatable bonds is 7. The zero-order valence-electron chi connectivity index (χ0n) is 18.3. The topological polar surface area (TPSA) is 21.7 Å². The molecule has 1 aliphatic heterocycles. The summed E-state index contributed by atoms with van der Waals surface area (Å²) in [6.45, 7) is 4.22. The second-order valence-electron chi connectivity index (χ2n) is 8.73. The minimum atomic E-state index is 0.349. The van der Waals surface area contributed by atoms with Crippen LogP contribution in [0, 0.1) is 0 Å². The normalized spacial score (nSPS) is 20.5. The summed E-state index contributed by atoms with van der Waals surface area (Å²) >= 11 is 0. The maximum absolute atomic E-state index is 6.04. The number of hydrogen-bond acceptors (Lipinski definition) is 3. The van der Waals surface area contributed by atoms with Crippen molar-refractivity contribution in [3.63, 3.8) is 0 Å². The highest BCUT2D eigenvalue weighted by Gasteiger charge is 2.34. The van der Waals surface area contributed by atoms with E-state index in [0.29, 0.717) is 11.8 Å². The van der Waals surface area contributed by atoms with Gasteiger partial charge in [-0.1, -0.05) is 48.5 Å². The van der Waals surface area contributed by atoms with Crippen molar-refractivity contribution in [2.75, 3.05) is 33.4 Å². The zero-order valence-corrected chi connectivity index (χ0v) is 18.3. The molecule has 0 aromatic heterocycles. The Balaban J connectivity index is 1.37. The summed E-state index contributed by atoms with van der Waals surface area (Å²) in [4.78, 5) is 2.49. The molecule has 1 heterocycles. The Morgan fingerprint density at radius 2 is 1.58 bits per heavy atom. The van der Waals surface area contributed by atoms with Gasteiger partial charge in [0.2, 0.25) is 0 Å². The van der Waals surface area contributed by atoms with Gasteiger partial charge in [-0.25, -0.2) is 0 Å². The number of fused-ring (bicyclic) bond motifs is 1. The summed E-state index contributed by atoms with van der Waals surface area (Å²) in [6.07, 6.45) is 3.69. The maximum Gasteiger partial charge on any atom is 0.119 e. The quantitative estimate of drug-likeness (QED) is 0.500. The van der Waals surface area contributed by atoms with Gasteiger partial charge in [0.15, 0.2) is 0 Å². The fraction of sp³-hybridized carbons (Fsp3) is 0.357. The van der Waals surface area contributed by atoms with Crippen molar-refractivity contribution >= 4 is 0 Å². The molecule has 2 aliphatic rings. The molecule has 5 rings (SSSR count). The number of benzene rings is 3. The van der Waals surface area contributed by atoms with Crippen LogP contribution in [0.4, 0.5) is 0 Å². The van der Waals surface area contributed by atoms with Gasteiger partial charge in [-0.05, 0) is 84.8 Å². The van der Waals surface area contributed by atoms with Crippen LogP contribution in [0.1, 0.15) is 46.9 Å². The summed E-state index contributed by atoms with van der Waals surface area (Å²) in [7, 11) is 1.74. The molecule has 0 bridgehead atoms. The smallest absolute Gasteiger partial charge is 0.119 e. The summed E-state index contributed by atoms with van der Waals surface area (Å²) in [5, 5.41) is 0. The van der Waals surface area contributed by atoms with Crippen molar-refractivity contribution in [1.29, 1.82) is 0 Å². The van der Waals surface area contributed by atoms with Gasteiger partial charge in [0.25, 0.3) is 0 Å². The summed E-state index contributed by atoms with van der Waals surface area (Å²) in [5.41, 5.74) is 5.56. The monoisotopic (exact) mass is 413 g/mol. The first kappa shape index (κ1) is 20.1. The number of nitrogens with zero attached hydrogens (tertiary/aromatic N) is 1. The van der Waals surface area contributed by atoms with Crippen molar-refractivity contribution in [1.82, 2.24) is 4.90 Å². The molecule has 1 fully saturated rings. The molecular weight excluding hydrogens is 382 g/mol. The van der Waals surface area contributed by atoms with E-state index in [1.807, 2.05) is 0 Å². The predicted octanol–water partition coefficient (Wildman–Crippen LogP) is 5.64. The highest BCUT2D eigenvalue weighted by atomic mass is 16.5. The van der Waals surface area contributed by atoms with Gasteiger partial charge >= 0.3 is 0 Å². The predicted molar refractivity (Wildman–Crippen MR) is 125 cm³/mol. The van der Waals surface area contributed by atoms with Crippen LogP contribution in [0.2, 0.25) is 0 Å². The molecular formula is C28H31NO2. The first-order valence-corrected chi connectivity index (χ1v) is 11.5. The van der Waals surface area contributed by atoms with Crippen LogP contribution < -0.4 is 9.47 Å². The second-order valence-corrected chi connectivity index (χ2v) is 8.73. The third kappa shape index (κ3) is 4.33. The highest BCUT2D eigenvalue weighted by molar-refractivity contribution is 5.51. The molecule has 3 nitrogen and oxygen atoms in total. The van der Waals surface area contributed by atoms with Crippen molar-refractivity contribution in [2.24, 2.45) is 0 Å². The van der Waals surface area contributed by atoms with Gasteiger partial charge in [-0.15, -0.1) is 0 Å². The summed E-state index contributed by atoms with van der Waals surface area (Å²) < 4.78 is 11.5. The molecule has 0 saturated carbocycles. The van der Waals surface area contributed by atoms with Crippen molar-refractivity contribution in [3.05, 3.63) is 95.1 Å². The molecule has 0 amide bonds. The Hall–Kier alpha value is -2.78. The molecule has 0 N–H and O–H groups in total. The van der Waals surface area contributed by atoms with Crippen LogP contribution in [-0.4, -0.2) is 38.3 Å². The lowest BCUT2D eigenvalue weighted by atomic mass is 9.82. The molecule has 0 spiro atoms. The summed E-state index contributed by atoms with van der Waals surface area (Å²) in [6, 6.07) is 26.3. The highest BCUT2D eigenvalue weighted by Crippen LogP contribution is 2.48. The Labute approximate surface area is 185 Å². The Bertz CT molecular complexity index is 993. The van der Waals surface area contributed by atoms with Crippen LogP contribution in [0.25, 0.3) is 0 Å². The molecule has 160 valence electrons. The molecule has 3 heteroatoms. The lowest BCUT2D eigenvalue weighted by Crippen LogP contribution is -2.25. The van der Waals surface area contributed by atoms with Crippen molar-refractivity contribution < 1.29 is 9.47 Å². The SMILES string of the molecule is COc1ccc2c(c1)C[C@H](c1ccccc1)[C@H]2c1ccc(OCCN2CCCC2)cc1. The van der Waals surface area contributed by atoms with E-state index >= 15 is 0 Å². The minimum absolute atomic E-state index is 0.349. The van der Waals surface area contributed by atoms with Gasteiger partial charge in [0, 0.05) is 12.5 Å². The van der Waals surface area contributed by atoms with E-state index in [4.69, 9.17) is 9.47 Å². The number of likely N-dealkylation sites (tertiary alicyclic amines) is 1. The van der Waals surface area contributed by atoms with E-state index in [1.54, 1.807) is 7.11 Å². The van der Waals surface area contributed by atoms with E-state index in [1.165, 1.54) is 48.2 Å². The molecule has 0 radical (unpaired) electrons. The van der Waals surface area contributed by atoms with E-state index in [0.717, 1.165) is 31.1 Å². The Kier molecular flexibility index (Phi) is 5.95. The van der Waals surface area contributed by atoms with Gasteiger partial charge in [0.1, 0.15) is 18.1 Å². The first-order chi connectivity index (χ1) is 15.3. The zero-order chi connectivity index (χ0) is 21.0. The molecule has 31 heavy (non-hydrogen) atoms. The van der Waals surface area contributed by atoms with Crippen LogP contribution in [0.5, 0.6) is 11.5 Å². The summed E-state index contributed by atoms with van der Waals surface area (Å²) in [5.74, 6) is 2.69. The average Bonchev–Trinajstić information content (AvgIpc) is 3.47. The molecule has 3 aromatic carbocycles. The fourth-order valence-corrected chi connectivity index (χ4v) is 5.25. The van der Waals surface area contributed by atoms with E-state index in [2.05, 4.69) is 77.7 Å². The minimum Gasteiger partial charge on any atom is -0.497 e. The standard InChI is InChI=1S/C28H31NO2/c1-30-25-13-14-26-23(19-25)20-27(21-7-3-2-4-8-21)28(26)22-9-11-24(12-10-22)31-18-17-29-15-5-6-16-29/h2-4,7-14,19,27-28H,5-6,15-18,20H2,1H3/t27-,28+/m1/s1. The molecule has 1 saturated heterocycles. The molecule has 3 aromatic rings. The maximum atomic E-state index is 6.04. The largest absolute Gasteiger partial charge is 0.497 e. The molecule has 0 unspecified atom stereocenters. The van der Waals surface area contributed by atoms with Crippen LogP contribution >= 0.6 is 0 Å². The lowest BCUT2D eigenvalue weighted by Gasteiger charge is -2.22. The van der Waals surface area contributed by atoms with E-state index in [9.17, 15) is 0 Å². The van der Waals surface area contributed by atoms with Gasteiger partial charge < -0.3 is 9.47 Å². The van der Waals surface area contributed by atoms with Crippen LogP contribution in [-0.2, 0) is 6.42 Å². The van der Waals surface area contributed by atoms with E-state index < -0.39 is 0 Å². The fourth-order valence-electron chi connectivity index (χ4n) is 5.25. The van der Waals surface area contributed by atoms with Gasteiger partial charge in [-0.3, -0.25) is 4.90 Å². The third-order valence-corrected chi connectivity index (χ3v) is 6.87. The lowest BCUT2D eigenvalue weighted by molar-refractivity contribution is 0.237. The van der Waals surface area contributed by atoms with Crippen molar-refractivity contribution in [2.45, 2.75) is 31.1 Å². The number of hydrogen-bond donors (Lipinski definition) is 0. The van der Waals surface area contributed by atoms with Gasteiger partial charge in [-0.2, -0.15) is 0 Å². The molecule has 1 aliphatic carbocycles. The number of ether oxygens (including phenoxy) is 2. The Morgan fingerprint density at radius 1 is 0.839 bits per heavy atom. The molecule has 2 atom stereocenters. The van der Waals surface area contributed by atoms with Crippen molar-refractivity contribution in [3.8, 4) is 11.5 Å². The Morgan fingerprint density at radius 3 is 2.32 bits per heavy atom. The average molecular weight is 414 g/mol.